The molecule has 188 valence electrons. The Labute approximate surface area is 220 Å². The number of anilines is 1. The SMILES string of the molecule is Cc1cc(-n2c(C)cc(C=C3C(=O)N(C)c4ccc(S(=O)(=O)N5CCOCC5)cc43)c2C)ccc1Br. The summed E-state index contributed by atoms with van der Waals surface area (Å²) in [7, 11) is -1.97. The lowest BCUT2D eigenvalue weighted by atomic mass is 10.0. The molecule has 3 aromatic rings. The number of benzene rings is 2. The van der Waals surface area contributed by atoms with Crippen molar-refractivity contribution in [3.05, 3.63) is 75.0 Å². The van der Waals surface area contributed by atoms with Crippen LogP contribution in [-0.4, -0.2) is 56.5 Å². The summed E-state index contributed by atoms with van der Waals surface area (Å²) in [5.41, 5.74) is 6.95. The third kappa shape index (κ3) is 4.14. The first-order valence-electron chi connectivity index (χ1n) is 11.8. The lowest BCUT2D eigenvalue weighted by Crippen LogP contribution is -2.40. The van der Waals surface area contributed by atoms with E-state index in [0.29, 0.717) is 43.1 Å². The first-order valence-corrected chi connectivity index (χ1v) is 14.0. The van der Waals surface area contributed by atoms with Crippen LogP contribution >= 0.6 is 15.9 Å². The molecule has 0 unspecified atom stereocenters. The molecule has 0 bridgehead atoms. The highest BCUT2D eigenvalue weighted by Gasteiger charge is 2.33. The smallest absolute Gasteiger partial charge is 0.258 e. The van der Waals surface area contributed by atoms with Gasteiger partial charge in [0.1, 0.15) is 0 Å². The molecule has 3 heterocycles. The molecule has 1 fully saturated rings. The number of halogens is 1. The molecule has 0 N–H and O–H groups in total. The summed E-state index contributed by atoms with van der Waals surface area (Å²) >= 11 is 3.56. The van der Waals surface area contributed by atoms with E-state index >= 15 is 0 Å². The van der Waals surface area contributed by atoms with Gasteiger partial charge in [-0.15, -0.1) is 0 Å². The number of aryl methyl sites for hydroxylation is 2. The highest BCUT2D eigenvalue weighted by Crippen LogP contribution is 2.39. The molecule has 1 amide bonds. The Kier molecular flexibility index (Phi) is 6.45. The minimum absolute atomic E-state index is 0.157. The summed E-state index contributed by atoms with van der Waals surface area (Å²) in [6, 6.07) is 13.2. The van der Waals surface area contributed by atoms with Gasteiger partial charge in [-0.05, 0) is 80.4 Å². The predicted octanol–water partition coefficient (Wildman–Crippen LogP) is 4.70. The molecule has 1 aromatic heterocycles. The van der Waals surface area contributed by atoms with Crippen molar-refractivity contribution in [3.8, 4) is 5.69 Å². The topological polar surface area (TPSA) is 71.9 Å². The standard InChI is InChI=1S/C27H28BrN3O4S/c1-17-13-21(5-7-25(17)28)31-18(2)14-20(19(31)3)15-24-23-16-22(6-8-26(23)29(4)27(24)32)36(33,34)30-9-11-35-12-10-30/h5-8,13-16H,9-12H2,1-4H3. The van der Waals surface area contributed by atoms with E-state index in [2.05, 4.69) is 45.6 Å². The molecule has 0 atom stereocenters. The van der Waals surface area contributed by atoms with Gasteiger partial charge in [-0.3, -0.25) is 4.79 Å². The van der Waals surface area contributed by atoms with Gasteiger partial charge in [-0.25, -0.2) is 8.42 Å². The van der Waals surface area contributed by atoms with Crippen LogP contribution in [0.25, 0.3) is 17.3 Å². The van der Waals surface area contributed by atoms with Crippen molar-refractivity contribution < 1.29 is 17.9 Å². The van der Waals surface area contributed by atoms with Crippen LogP contribution < -0.4 is 4.90 Å². The van der Waals surface area contributed by atoms with Crippen LogP contribution in [0.2, 0.25) is 0 Å². The average molecular weight is 571 g/mol. The van der Waals surface area contributed by atoms with Crippen LogP contribution in [0.4, 0.5) is 5.69 Å². The predicted molar refractivity (Wildman–Crippen MR) is 145 cm³/mol. The molecule has 2 aromatic carbocycles. The van der Waals surface area contributed by atoms with Gasteiger partial charge in [0.15, 0.2) is 0 Å². The fourth-order valence-corrected chi connectivity index (χ4v) is 6.60. The zero-order valence-corrected chi connectivity index (χ0v) is 23.1. The zero-order valence-electron chi connectivity index (χ0n) is 20.7. The quantitative estimate of drug-likeness (QED) is 0.427. The molecule has 2 aliphatic rings. The maximum atomic E-state index is 13.3. The second kappa shape index (κ2) is 9.30. The van der Waals surface area contributed by atoms with E-state index in [9.17, 15) is 13.2 Å². The van der Waals surface area contributed by atoms with Gasteiger partial charge in [-0.2, -0.15) is 4.31 Å². The van der Waals surface area contributed by atoms with Gasteiger partial charge in [0.2, 0.25) is 10.0 Å². The normalized spacial score (nSPS) is 17.8. The summed E-state index contributed by atoms with van der Waals surface area (Å²) in [4.78, 5) is 15.0. The number of hydrogen-bond donors (Lipinski definition) is 0. The lowest BCUT2D eigenvalue weighted by molar-refractivity contribution is -0.112. The minimum Gasteiger partial charge on any atom is -0.379 e. The molecule has 0 aliphatic carbocycles. The molecule has 9 heteroatoms. The number of morpholine rings is 1. The maximum Gasteiger partial charge on any atom is 0.258 e. The molecular weight excluding hydrogens is 542 g/mol. The Hall–Kier alpha value is -2.72. The van der Waals surface area contributed by atoms with Gasteiger partial charge >= 0.3 is 0 Å². The molecule has 2 aliphatic heterocycles. The fraction of sp³-hybridized carbons (Fsp3) is 0.296. The largest absolute Gasteiger partial charge is 0.379 e. The maximum absolute atomic E-state index is 13.3. The number of sulfonamides is 1. The van der Waals surface area contributed by atoms with Gasteiger partial charge in [-0.1, -0.05) is 15.9 Å². The van der Waals surface area contributed by atoms with E-state index in [1.165, 1.54) is 4.31 Å². The van der Waals surface area contributed by atoms with Crippen molar-refractivity contribution in [1.29, 1.82) is 0 Å². The van der Waals surface area contributed by atoms with Crippen LogP contribution in [0.3, 0.4) is 0 Å². The first kappa shape index (κ1) is 25.0. The van der Waals surface area contributed by atoms with Crippen molar-refractivity contribution in [1.82, 2.24) is 8.87 Å². The highest BCUT2D eigenvalue weighted by atomic mass is 79.9. The minimum atomic E-state index is -3.68. The molecule has 0 radical (unpaired) electrons. The van der Waals surface area contributed by atoms with Gasteiger partial charge in [0.25, 0.3) is 5.91 Å². The van der Waals surface area contributed by atoms with E-state index in [4.69, 9.17) is 4.74 Å². The Morgan fingerprint density at radius 1 is 1.00 bits per heavy atom. The Balaban J connectivity index is 1.59. The van der Waals surface area contributed by atoms with E-state index in [0.717, 1.165) is 32.7 Å². The molecule has 0 spiro atoms. The molecule has 5 rings (SSSR count). The van der Waals surface area contributed by atoms with E-state index in [-0.39, 0.29) is 10.8 Å². The van der Waals surface area contributed by atoms with E-state index < -0.39 is 10.0 Å². The van der Waals surface area contributed by atoms with Crippen LogP contribution in [0.15, 0.2) is 51.8 Å². The third-order valence-electron chi connectivity index (χ3n) is 6.93. The number of amides is 1. The average Bonchev–Trinajstić information content (AvgIpc) is 3.28. The number of carbonyl (C=O) groups is 1. The second-order valence-corrected chi connectivity index (χ2v) is 12.0. The number of likely N-dealkylation sites (N-methyl/N-ethyl adjacent to an activating group) is 1. The van der Waals surface area contributed by atoms with Gasteiger partial charge in [0.05, 0.1) is 23.8 Å². The summed E-state index contributed by atoms with van der Waals surface area (Å²) in [5.74, 6) is -0.157. The Morgan fingerprint density at radius 3 is 2.42 bits per heavy atom. The van der Waals surface area contributed by atoms with Crippen molar-refractivity contribution in [2.75, 3.05) is 38.3 Å². The summed E-state index contributed by atoms with van der Waals surface area (Å²) in [6.07, 6.45) is 1.88. The van der Waals surface area contributed by atoms with Crippen LogP contribution in [0, 0.1) is 20.8 Å². The Morgan fingerprint density at radius 2 is 1.72 bits per heavy atom. The number of carbonyl (C=O) groups excluding carboxylic acids is 1. The number of hydrogen-bond acceptors (Lipinski definition) is 4. The molecule has 1 saturated heterocycles. The summed E-state index contributed by atoms with van der Waals surface area (Å²) in [6.45, 7) is 7.52. The van der Waals surface area contributed by atoms with Crippen molar-refractivity contribution in [2.45, 2.75) is 25.7 Å². The lowest BCUT2D eigenvalue weighted by Gasteiger charge is -2.26. The number of fused-ring (bicyclic) bond motifs is 1. The van der Waals surface area contributed by atoms with Crippen molar-refractivity contribution in [3.63, 3.8) is 0 Å². The van der Waals surface area contributed by atoms with E-state index in [1.807, 2.05) is 26.0 Å². The monoisotopic (exact) mass is 569 g/mol. The van der Waals surface area contributed by atoms with Crippen molar-refractivity contribution in [2.24, 2.45) is 0 Å². The molecule has 0 saturated carbocycles. The highest BCUT2D eigenvalue weighted by molar-refractivity contribution is 9.10. The van der Waals surface area contributed by atoms with E-state index in [1.54, 1.807) is 30.1 Å². The molecular formula is C27H28BrN3O4S. The van der Waals surface area contributed by atoms with Crippen LogP contribution in [-0.2, 0) is 19.6 Å². The second-order valence-electron chi connectivity index (χ2n) is 9.21. The van der Waals surface area contributed by atoms with Gasteiger partial charge in [0, 0.05) is 52.8 Å². The fourth-order valence-electron chi connectivity index (χ4n) is 4.92. The molecule has 36 heavy (non-hydrogen) atoms. The van der Waals surface area contributed by atoms with Crippen LogP contribution in [0.1, 0.15) is 28.1 Å². The molecule has 7 nitrogen and oxygen atoms in total. The number of ether oxygens (including phenoxy) is 1. The number of nitrogens with zero attached hydrogens (tertiary/aromatic N) is 3. The third-order valence-corrected chi connectivity index (χ3v) is 9.72. The number of rotatable bonds is 4. The van der Waals surface area contributed by atoms with Gasteiger partial charge < -0.3 is 14.2 Å². The van der Waals surface area contributed by atoms with Crippen molar-refractivity contribution >= 4 is 49.2 Å². The summed E-state index contributed by atoms with van der Waals surface area (Å²) in [5, 5.41) is 0. The first-order chi connectivity index (χ1) is 17.1. The number of aromatic nitrogens is 1. The Bertz CT molecular complexity index is 1520. The van der Waals surface area contributed by atoms with Crippen LogP contribution in [0.5, 0.6) is 0 Å². The zero-order chi connectivity index (χ0) is 25.8. The summed E-state index contributed by atoms with van der Waals surface area (Å²) < 4.78 is 36.5.